The van der Waals surface area contributed by atoms with Crippen LogP contribution in [-0.4, -0.2) is 19.9 Å². The summed E-state index contributed by atoms with van der Waals surface area (Å²) in [4.78, 5) is 0. The van der Waals surface area contributed by atoms with Crippen molar-refractivity contribution >= 4 is 7.60 Å². The maximum Gasteiger partial charge on any atom is 0.327 e. The van der Waals surface area contributed by atoms with Gasteiger partial charge in [0.2, 0.25) is 0 Å². The normalized spacial score (nSPS) is 29.9. The molecule has 0 aliphatic carbocycles. The molecule has 0 aromatic carbocycles. The molecule has 0 N–H and O–H groups in total. The average Bonchev–Trinajstić information content (AvgIpc) is 1.79. The second kappa shape index (κ2) is 2.33. The highest BCUT2D eigenvalue weighted by Crippen LogP contribution is 2.49. The third-order valence-corrected chi connectivity index (χ3v) is 2.58. The minimum atomic E-state index is -2.67. The maximum atomic E-state index is 11.1. The molecule has 1 aliphatic heterocycles. The molecule has 0 amide bonds. The molecule has 0 spiro atoms. The summed E-state index contributed by atoms with van der Waals surface area (Å²) in [5.74, 6) is 0. The van der Waals surface area contributed by atoms with Crippen molar-refractivity contribution in [1.82, 2.24) is 0 Å². The second-order valence-corrected chi connectivity index (χ2v) is 5.54. The molecule has 1 saturated heterocycles. The van der Waals surface area contributed by atoms with E-state index in [2.05, 4.69) is 0 Å². The van der Waals surface area contributed by atoms with Gasteiger partial charge in [-0.1, -0.05) is 13.8 Å². The van der Waals surface area contributed by atoms with Gasteiger partial charge in [-0.3, -0.25) is 4.57 Å². The highest BCUT2D eigenvalue weighted by molar-refractivity contribution is 7.53. The van der Waals surface area contributed by atoms with Crippen LogP contribution in [0.5, 0.6) is 0 Å². The predicted molar refractivity (Wildman–Crippen MR) is 41.3 cm³/mol. The van der Waals surface area contributed by atoms with Gasteiger partial charge in [0.25, 0.3) is 0 Å². The fraction of sp³-hybridized carbons (Fsp3) is 1.00. The first-order valence-corrected chi connectivity index (χ1v) is 5.27. The van der Waals surface area contributed by atoms with Gasteiger partial charge < -0.3 is 9.05 Å². The highest BCUT2D eigenvalue weighted by Gasteiger charge is 2.32. The molecule has 0 aromatic heterocycles. The Bertz CT molecular complexity index is 167. The number of hydrogen-bond donors (Lipinski definition) is 0. The van der Waals surface area contributed by atoms with E-state index in [1.165, 1.54) is 6.66 Å². The van der Waals surface area contributed by atoms with Crippen LogP contribution in [0.25, 0.3) is 0 Å². The molecule has 0 saturated carbocycles. The van der Waals surface area contributed by atoms with Crippen molar-refractivity contribution < 1.29 is 15.0 Å². The smallest absolute Gasteiger partial charge is 0.308 e. The van der Waals surface area contributed by atoms with E-state index in [0.29, 0.717) is 13.2 Å². The van der Waals surface area contributed by atoms with Gasteiger partial charge in [-0.15, -0.1) is 0 Å². The van der Waals surface area contributed by atoms with E-state index in [9.17, 15) is 4.57 Å². The molecule has 1 aliphatic rings. The van der Waals surface area contributed by atoms with Gasteiger partial charge >= 0.3 is 7.60 Å². The summed E-state index contributed by atoms with van der Waals surface area (Å²) in [6.45, 7) is 6.60. The molecule has 0 unspecified atom stereocenters. The topological polar surface area (TPSA) is 35.5 Å². The summed E-state index contributed by atoms with van der Waals surface area (Å²) in [7, 11) is -2.67. The number of hydrogen-bond acceptors (Lipinski definition) is 3. The van der Waals surface area contributed by atoms with Gasteiger partial charge in [-0.25, -0.2) is 0 Å². The van der Waals surface area contributed by atoms with Gasteiger partial charge in [0.1, 0.15) is 0 Å². The Morgan fingerprint density at radius 2 is 1.80 bits per heavy atom. The van der Waals surface area contributed by atoms with Crippen molar-refractivity contribution in [2.75, 3.05) is 19.9 Å². The van der Waals surface area contributed by atoms with E-state index in [4.69, 9.17) is 9.05 Å². The average molecular weight is 166 g/mol. The Balaban J connectivity index is 0.000001000. The number of rotatable bonds is 0. The van der Waals surface area contributed by atoms with Crippen LogP contribution >= 0.6 is 7.60 Å². The van der Waals surface area contributed by atoms with E-state index >= 15 is 0 Å². The zero-order chi connectivity index (χ0) is 7.83. The summed E-state index contributed by atoms with van der Waals surface area (Å²) < 4.78 is 21.1. The molecule has 0 aromatic rings. The van der Waals surface area contributed by atoms with Gasteiger partial charge in [0.15, 0.2) is 0 Å². The Morgan fingerprint density at radius 3 is 2.10 bits per heavy atom. The quantitative estimate of drug-likeness (QED) is 0.517. The second-order valence-electron chi connectivity index (χ2n) is 3.48. The lowest BCUT2D eigenvalue weighted by Crippen LogP contribution is -2.28. The lowest BCUT2D eigenvalue weighted by atomic mass is 9.97. The van der Waals surface area contributed by atoms with Crippen molar-refractivity contribution in [1.29, 1.82) is 0 Å². The molecule has 0 atom stereocenters. The molecule has 1 heterocycles. The van der Waals surface area contributed by atoms with Crippen molar-refractivity contribution in [2.45, 2.75) is 13.8 Å². The molecule has 4 heteroatoms. The Morgan fingerprint density at radius 1 is 1.40 bits per heavy atom. The van der Waals surface area contributed by atoms with Gasteiger partial charge in [-0.2, -0.15) is 0 Å². The largest absolute Gasteiger partial charge is 0.327 e. The van der Waals surface area contributed by atoms with Crippen LogP contribution in [0.4, 0.5) is 0 Å². The SMILES string of the molecule is CC1(C)COP(C)(=O)OC1.[HH]. The first kappa shape index (κ1) is 8.25. The Labute approximate surface area is 62.7 Å². The molecule has 0 bridgehead atoms. The summed E-state index contributed by atoms with van der Waals surface area (Å²) in [5.41, 5.74) is 0.0178. The first-order chi connectivity index (χ1) is 4.41. The van der Waals surface area contributed by atoms with Gasteiger partial charge in [0, 0.05) is 13.5 Å². The monoisotopic (exact) mass is 166 g/mol. The highest BCUT2D eigenvalue weighted by atomic mass is 31.2. The molecular weight excluding hydrogens is 151 g/mol. The molecule has 62 valence electrons. The molecule has 10 heavy (non-hydrogen) atoms. The van der Waals surface area contributed by atoms with Gasteiger partial charge in [0.05, 0.1) is 13.2 Å². The fourth-order valence-corrected chi connectivity index (χ4v) is 1.91. The third-order valence-electron chi connectivity index (χ3n) is 1.38. The van der Waals surface area contributed by atoms with E-state index < -0.39 is 7.60 Å². The molecule has 0 radical (unpaired) electrons. The molecule has 1 rings (SSSR count). The van der Waals surface area contributed by atoms with Crippen LogP contribution in [0, 0.1) is 5.41 Å². The van der Waals surface area contributed by atoms with Crippen LogP contribution in [0.3, 0.4) is 0 Å². The van der Waals surface area contributed by atoms with Crippen LogP contribution in [-0.2, 0) is 13.6 Å². The standard InChI is InChI=1S/C6H13O3P.H2/c1-6(2)4-8-10(3,7)9-5-6;/h4-5H2,1-3H3;1H. The van der Waals surface area contributed by atoms with E-state index in [-0.39, 0.29) is 6.84 Å². The summed E-state index contributed by atoms with van der Waals surface area (Å²) in [6, 6.07) is 0. The third kappa shape index (κ3) is 2.08. The van der Waals surface area contributed by atoms with Crippen LogP contribution in [0.15, 0.2) is 0 Å². The minimum absolute atomic E-state index is 0. The van der Waals surface area contributed by atoms with Crippen LogP contribution in [0.1, 0.15) is 15.3 Å². The zero-order valence-electron chi connectivity index (χ0n) is 6.59. The maximum absolute atomic E-state index is 11.1. The minimum Gasteiger partial charge on any atom is -0.308 e. The van der Waals surface area contributed by atoms with E-state index in [1.807, 2.05) is 13.8 Å². The van der Waals surface area contributed by atoms with Crippen molar-refractivity contribution in [2.24, 2.45) is 5.41 Å². The summed E-state index contributed by atoms with van der Waals surface area (Å²) >= 11 is 0. The van der Waals surface area contributed by atoms with Crippen LogP contribution in [0.2, 0.25) is 0 Å². The summed E-state index contributed by atoms with van der Waals surface area (Å²) in [5, 5.41) is 0. The first-order valence-electron chi connectivity index (χ1n) is 3.28. The molecule has 3 nitrogen and oxygen atoms in total. The Kier molecular flexibility index (Phi) is 1.92. The summed E-state index contributed by atoms with van der Waals surface area (Å²) in [6.07, 6.45) is 0. The Hall–Kier alpha value is 0.150. The van der Waals surface area contributed by atoms with Crippen molar-refractivity contribution in [3.8, 4) is 0 Å². The van der Waals surface area contributed by atoms with Gasteiger partial charge in [-0.05, 0) is 0 Å². The zero-order valence-corrected chi connectivity index (χ0v) is 7.48. The van der Waals surface area contributed by atoms with Crippen molar-refractivity contribution in [3.63, 3.8) is 0 Å². The molecule has 1 fully saturated rings. The molecular formula is C6H15O3P. The van der Waals surface area contributed by atoms with E-state index in [0.717, 1.165) is 0 Å². The fourth-order valence-electron chi connectivity index (χ4n) is 0.663. The van der Waals surface area contributed by atoms with Crippen molar-refractivity contribution in [3.05, 3.63) is 0 Å². The van der Waals surface area contributed by atoms with Crippen LogP contribution < -0.4 is 0 Å². The van der Waals surface area contributed by atoms with E-state index in [1.54, 1.807) is 0 Å². The lowest BCUT2D eigenvalue weighted by Gasteiger charge is -2.32. The lowest BCUT2D eigenvalue weighted by molar-refractivity contribution is 0.0439. The predicted octanol–water partition coefficient (Wildman–Crippen LogP) is 2.13.